The minimum Gasteiger partial charge on any atom is -0.337 e. The Labute approximate surface area is 191 Å². The second-order valence-corrected chi connectivity index (χ2v) is 9.56. The maximum absolute atomic E-state index is 13.4. The fourth-order valence-electron chi connectivity index (χ4n) is 3.99. The zero-order valence-corrected chi connectivity index (χ0v) is 19.4. The maximum Gasteiger partial charge on any atom is 0.276 e. The number of aromatic nitrogens is 5. The van der Waals surface area contributed by atoms with E-state index in [0.29, 0.717) is 39.2 Å². The summed E-state index contributed by atoms with van der Waals surface area (Å²) in [5.41, 5.74) is 2.84. The van der Waals surface area contributed by atoms with E-state index in [4.69, 9.17) is 11.6 Å². The van der Waals surface area contributed by atoms with Gasteiger partial charge in [-0.1, -0.05) is 48.5 Å². The van der Waals surface area contributed by atoms with E-state index in [-0.39, 0.29) is 5.91 Å². The summed E-state index contributed by atoms with van der Waals surface area (Å²) in [6.45, 7) is 7.79. The summed E-state index contributed by atoms with van der Waals surface area (Å²) >= 11 is 7.80. The van der Waals surface area contributed by atoms with Crippen molar-refractivity contribution in [1.29, 1.82) is 0 Å². The molecule has 1 fully saturated rings. The van der Waals surface area contributed by atoms with E-state index < -0.39 is 0 Å². The van der Waals surface area contributed by atoms with Crippen molar-refractivity contribution < 1.29 is 4.79 Å². The van der Waals surface area contributed by atoms with E-state index in [2.05, 4.69) is 34.1 Å². The minimum absolute atomic E-state index is 0.0764. The molecule has 3 aromatic rings. The van der Waals surface area contributed by atoms with Crippen molar-refractivity contribution in [3.05, 3.63) is 58.6 Å². The van der Waals surface area contributed by atoms with Crippen molar-refractivity contribution in [2.75, 3.05) is 13.1 Å². The Morgan fingerprint density at radius 1 is 1.19 bits per heavy atom. The van der Waals surface area contributed by atoms with Crippen molar-refractivity contribution in [2.45, 2.75) is 38.1 Å². The molecule has 0 N–H and O–H groups in total. The van der Waals surface area contributed by atoms with Gasteiger partial charge in [0.1, 0.15) is 0 Å². The van der Waals surface area contributed by atoms with Crippen LogP contribution in [0, 0.1) is 18.8 Å². The molecule has 0 spiro atoms. The Morgan fingerprint density at radius 3 is 2.58 bits per heavy atom. The normalized spacial score (nSPS) is 18.9. The molecular formula is C22H25ClN6OS. The standard InChI is InChI=1S/C22H25ClN6OS/c1-14-9-15(2)12-28(11-14)21(30)20-19(13-31-22-24-7-4-8-25-22)29(27-26-20)17-6-5-16(3)18(23)10-17/h4-8,10,14-15H,9,11-13H2,1-3H3. The summed E-state index contributed by atoms with van der Waals surface area (Å²) in [4.78, 5) is 23.9. The number of thioether (sulfide) groups is 1. The predicted molar refractivity (Wildman–Crippen MR) is 122 cm³/mol. The van der Waals surface area contributed by atoms with Gasteiger partial charge in [0, 0.05) is 36.3 Å². The number of rotatable bonds is 5. The first-order valence-electron chi connectivity index (χ1n) is 10.3. The van der Waals surface area contributed by atoms with Crippen LogP contribution in [0.1, 0.15) is 42.0 Å². The summed E-state index contributed by atoms with van der Waals surface area (Å²) in [5, 5.41) is 9.91. The highest BCUT2D eigenvalue weighted by Crippen LogP contribution is 2.27. The van der Waals surface area contributed by atoms with Gasteiger partial charge in [-0.25, -0.2) is 14.6 Å². The first kappa shape index (κ1) is 21.8. The third kappa shape index (κ3) is 4.91. The van der Waals surface area contributed by atoms with Crippen LogP contribution in [-0.4, -0.2) is 48.9 Å². The van der Waals surface area contributed by atoms with Crippen molar-refractivity contribution >= 4 is 29.3 Å². The summed E-state index contributed by atoms with van der Waals surface area (Å²) in [6, 6.07) is 7.49. The smallest absolute Gasteiger partial charge is 0.276 e. The quantitative estimate of drug-likeness (QED) is 0.417. The molecule has 2 aromatic heterocycles. The largest absolute Gasteiger partial charge is 0.337 e. The first-order valence-corrected chi connectivity index (χ1v) is 11.7. The third-order valence-corrected chi connectivity index (χ3v) is 6.70. The van der Waals surface area contributed by atoms with Crippen molar-refractivity contribution in [2.24, 2.45) is 11.8 Å². The second-order valence-electron chi connectivity index (χ2n) is 8.21. The van der Waals surface area contributed by atoms with Crippen LogP contribution < -0.4 is 0 Å². The summed E-state index contributed by atoms with van der Waals surface area (Å²) in [5.74, 6) is 1.32. The van der Waals surface area contributed by atoms with E-state index >= 15 is 0 Å². The van der Waals surface area contributed by atoms with Crippen LogP contribution in [0.15, 0.2) is 41.8 Å². The Morgan fingerprint density at radius 2 is 1.90 bits per heavy atom. The van der Waals surface area contributed by atoms with Crippen molar-refractivity contribution in [1.82, 2.24) is 29.9 Å². The maximum atomic E-state index is 13.4. The molecule has 1 aromatic carbocycles. The minimum atomic E-state index is -0.0764. The number of likely N-dealkylation sites (tertiary alicyclic amines) is 1. The molecule has 0 saturated carbocycles. The van der Waals surface area contributed by atoms with Crippen LogP contribution in [0.2, 0.25) is 5.02 Å². The van der Waals surface area contributed by atoms with Crippen molar-refractivity contribution in [3.63, 3.8) is 0 Å². The fraction of sp³-hybridized carbons (Fsp3) is 0.409. The first-order chi connectivity index (χ1) is 14.9. The number of carbonyl (C=O) groups excluding carboxylic acids is 1. The van der Waals surface area contributed by atoms with Crippen LogP contribution in [0.5, 0.6) is 0 Å². The highest BCUT2D eigenvalue weighted by Gasteiger charge is 2.30. The summed E-state index contributed by atoms with van der Waals surface area (Å²) < 4.78 is 1.70. The Hall–Kier alpha value is -2.45. The Balaban J connectivity index is 1.69. The molecule has 4 rings (SSSR count). The second kappa shape index (κ2) is 9.36. The van der Waals surface area contributed by atoms with E-state index in [9.17, 15) is 4.79 Å². The van der Waals surface area contributed by atoms with Gasteiger partial charge in [0.15, 0.2) is 10.9 Å². The van der Waals surface area contributed by atoms with Gasteiger partial charge < -0.3 is 4.90 Å². The van der Waals surface area contributed by atoms with Crippen LogP contribution in [0.3, 0.4) is 0 Å². The lowest BCUT2D eigenvalue weighted by molar-refractivity contribution is 0.0616. The average molecular weight is 457 g/mol. The number of benzene rings is 1. The van der Waals surface area contributed by atoms with Crippen LogP contribution >= 0.6 is 23.4 Å². The van der Waals surface area contributed by atoms with Gasteiger partial charge in [-0.05, 0) is 48.9 Å². The Bertz CT molecular complexity index is 1060. The molecule has 1 amide bonds. The molecular weight excluding hydrogens is 432 g/mol. The molecule has 0 aliphatic carbocycles. The molecule has 2 unspecified atom stereocenters. The van der Waals surface area contributed by atoms with E-state index in [1.54, 1.807) is 23.1 Å². The third-order valence-electron chi connectivity index (χ3n) is 5.40. The molecule has 9 heteroatoms. The molecule has 1 saturated heterocycles. The van der Waals surface area contributed by atoms with Gasteiger partial charge in [0.2, 0.25) is 0 Å². The van der Waals surface area contributed by atoms with Gasteiger partial charge in [-0.15, -0.1) is 5.10 Å². The lowest BCUT2D eigenvalue weighted by Crippen LogP contribution is -2.43. The van der Waals surface area contributed by atoms with Gasteiger partial charge in [-0.3, -0.25) is 4.79 Å². The number of aryl methyl sites for hydroxylation is 1. The van der Waals surface area contributed by atoms with Crippen molar-refractivity contribution in [3.8, 4) is 5.69 Å². The highest BCUT2D eigenvalue weighted by molar-refractivity contribution is 7.98. The molecule has 2 atom stereocenters. The van der Waals surface area contributed by atoms with E-state index in [1.165, 1.54) is 11.8 Å². The monoisotopic (exact) mass is 456 g/mol. The van der Waals surface area contributed by atoms with Gasteiger partial charge >= 0.3 is 0 Å². The molecule has 3 heterocycles. The van der Waals surface area contributed by atoms with E-state index in [0.717, 1.165) is 30.8 Å². The number of amides is 1. The van der Waals surface area contributed by atoms with Crippen LogP contribution in [-0.2, 0) is 5.75 Å². The number of piperidine rings is 1. The molecule has 1 aliphatic rings. The van der Waals surface area contributed by atoms with Gasteiger partial charge in [0.25, 0.3) is 5.91 Å². The molecule has 0 bridgehead atoms. The SMILES string of the molecule is Cc1ccc(-n2nnc(C(=O)N3CC(C)CC(C)C3)c2CSc2ncccn2)cc1Cl. The number of hydrogen-bond acceptors (Lipinski definition) is 6. The topological polar surface area (TPSA) is 76.8 Å². The predicted octanol–water partition coefficient (Wildman–Crippen LogP) is 4.43. The average Bonchev–Trinajstić information content (AvgIpc) is 3.17. The molecule has 162 valence electrons. The van der Waals surface area contributed by atoms with Gasteiger partial charge in [0.05, 0.1) is 11.4 Å². The number of halogens is 1. The molecule has 31 heavy (non-hydrogen) atoms. The Kier molecular flexibility index (Phi) is 6.57. The summed E-state index contributed by atoms with van der Waals surface area (Å²) in [6.07, 6.45) is 4.53. The highest BCUT2D eigenvalue weighted by atomic mass is 35.5. The molecule has 7 nitrogen and oxygen atoms in total. The number of carbonyl (C=O) groups is 1. The lowest BCUT2D eigenvalue weighted by Gasteiger charge is -2.34. The number of nitrogens with zero attached hydrogens (tertiary/aromatic N) is 6. The van der Waals surface area contributed by atoms with E-state index in [1.807, 2.05) is 30.0 Å². The lowest BCUT2D eigenvalue weighted by atomic mass is 9.91. The molecule has 0 radical (unpaired) electrons. The zero-order chi connectivity index (χ0) is 22.0. The summed E-state index contributed by atoms with van der Waals surface area (Å²) in [7, 11) is 0. The van der Waals surface area contributed by atoms with Crippen LogP contribution in [0.4, 0.5) is 0 Å². The van der Waals surface area contributed by atoms with Crippen LogP contribution in [0.25, 0.3) is 5.69 Å². The zero-order valence-electron chi connectivity index (χ0n) is 17.8. The fourth-order valence-corrected chi connectivity index (χ4v) is 4.96. The number of hydrogen-bond donors (Lipinski definition) is 0. The molecule has 1 aliphatic heterocycles. The van der Waals surface area contributed by atoms with Gasteiger partial charge in [-0.2, -0.15) is 0 Å².